The third-order valence-corrected chi connectivity index (χ3v) is 3.91. The summed E-state index contributed by atoms with van der Waals surface area (Å²) in [5, 5.41) is 5.41. The third kappa shape index (κ3) is 3.52. The quantitative estimate of drug-likeness (QED) is 0.809. The lowest BCUT2D eigenvalue weighted by molar-refractivity contribution is -0.134. The van der Waals surface area contributed by atoms with Gasteiger partial charge in [0.15, 0.2) is 0 Å². The van der Waals surface area contributed by atoms with Crippen LogP contribution in [0.1, 0.15) is 31.9 Å². The molecule has 1 unspecified atom stereocenters. The van der Waals surface area contributed by atoms with E-state index < -0.39 is 17.5 Å². The van der Waals surface area contributed by atoms with E-state index in [0.717, 1.165) is 10.5 Å². The standard InChI is InChI=1S/C17H23N3O3/c1-11(2)9-18-14(21)10-20-15(22)17(4,19-16(20)23)13-7-5-12(3)6-8-13/h5-8,11H,9-10H2,1-4H3,(H,18,21)(H,19,23). The lowest BCUT2D eigenvalue weighted by atomic mass is 9.91. The molecule has 6 heteroatoms. The predicted molar refractivity (Wildman–Crippen MR) is 86.6 cm³/mol. The van der Waals surface area contributed by atoms with E-state index in [-0.39, 0.29) is 12.5 Å². The number of benzene rings is 1. The number of hydrogen-bond donors (Lipinski definition) is 2. The Labute approximate surface area is 136 Å². The van der Waals surface area contributed by atoms with Crippen molar-refractivity contribution in [3.63, 3.8) is 0 Å². The van der Waals surface area contributed by atoms with Gasteiger partial charge in [0.1, 0.15) is 12.1 Å². The molecule has 0 bridgehead atoms. The zero-order chi connectivity index (χ0) is 17.2. The van der Waals surface area contributed by atoms with Crippen LogP contribution in [0.2, 0.25) is 0 Å². The van der Waals surface area contributed by atoms with Gasteiger partial charge in [-0.1, -0.05) is 43.7 Å². The maximum atomic E-state index is 12.7. The summed E-state index contributed by atoms with van der Waals surface area (Å²) < 4.78 is 0. The van der Waals surface area contributed by atoms with Crippen LogP contribution in [0.25, 0.3) is 0 Å². The number of hydrogen-bond acceptors (Lipinski definition) is 3. The second kappa shape index (κ2) is 6.40. The number of carbonyl (C=O) groups is 3. The summed E-state index contributed by atoms with van der Waals surface area (Å²) in [5.74, 6) is -0.443. The average molecular weight is 317 g/mol. The minimum Gasteiger partial charge on any atom is -0.354 e. The van der Waals surface area contributed by atoms with Crippen LogP contribution in [0.5, 0.6) is 0 Å². The Hall–Kier alpha value is -2.37. The molecule has 124 valence electrons. The SMILES string of the molecule is Cc1ccc(C2(C)NC(=O)N(CC(=O)NCC(C)C)C2=O)cc1. The van der Waals surface area contributed by atoms with Crippen LogP contribution in [-0.4, -0.2) is 35.8 Å². The molecule has 23 heavy (non-hydrogen) atoms. The molecule has 0 radical (unpaired) electrons. The van der Waals surface area contributed by atoms with Gasteiger partial charge in [-0.25, -0.2) is 4.79 Å². The Morgan fingerprint density at radius 1 is 1.26 bits per heavy atom. The summed E-state index contributed by atoms with van der Waals surface area (Å²) in [6, 6.07) is 6.86. The van der Waals surface area contributed by atoms with Crippen molar-refractivity contribution in [3.05, 3.63) is 35.4 Å². The van der Waals surface area contributed by atoms with Gasteiger partial charge in [0.05, 0.1) is 0 Å². The first kappa shape index (κ1) is 17.0. The number of nitrogens with one attached hydrogen (secondary N) is 2. The van der Waals surface area contributed by atoms with Crippen molar-refractivity contribution in [3.8, 4) is 0 Å². The van der Waals surface area contributed by atoms with E-state index in [9.17, 15) is 14.4 Å². The zero-order valence-corrected chi connectivity index (χ0v) is 14.0. The van der Waals surface area contributed by atoms with Crippen LogP contribution < -0.4 is 10.6 Å². The molecule has 1 atom stereocenters. The molecule has 1 saturated heterocycles. The van der Waals surface area contributed by atoms with E-state index in [1.54, 1.807) is 6.92 Å². The van der Waals surface area contributed by atoms with Gasteiger partial charge in [-0.05, 0) is 25.3 Å². The Balaban J connectivity index is 2.13. The highest BCUT2D eigenvalue weighted by Gasteiger charge is 2.49. The van der Waals surface area contributed by atoms with Crippen LogP contribution in [-0.2, 0) is 15.1 Å². The van der Waals surface area contributed by atoms with Crippen molar-refractivity contribution in [2.75, 3.05) is 13.1 Å². The first-order valence-electron chi connectivity index (χ1n) is 7.72. The molecule has 1 aliphatic heterocycles. The largest absolute Gasteiger partial charge is 0.354 e. The molecule has 0 spiro atoms. The van der Waals surface area contributed by atoms with E-state index in [1.165, 1.54) is 0 Å². The maximum absolute atomic E-state index is 12.7. The van der Waals surface area contributed by atoms with E-state index in [4.69, 9.17) is 0 Å². The molecule has 0 saturated carbocycles. The van der Waals surface area contributed by atoms with E-state index >= 15 is 0 Å². The Bertz CT molecular complexity index is 624. The molecular weight excluding hydrogens is 294 g/mol. The third-order valence-electron chi connectivity index (χ3n) is 3.91. The van der Waals surface area contributed by atoms with Crippen LogP contribution in [0.15, 0.2) is 24.3 Å². The Morgan fingerprint density at radius 3 is 2.43 bits per heavy atom. The molecule has 6 nitrogen and oxygen atoms in total. The average Bonchev–Trinajstić information content (AvgIpc) is 2.70. The predicted octanol–water partition coefficient (Wildman–Crippen LogP) is 1.53. The molecule has 1 heterocycles. The van der Waals surface area contributed by atoms with Gasteiger partial charge >= 0.3 is 6.03 Å². The molecule has 0 aromatic heterocycles. The van der Waals surface area contributed by atoms with Crippen molar-refractivity contribution < 1.29 is 14.4 Å². The number of imide groups is 1. The molecule has 0 aliphatic carbocycles. The topological polar surface area (TPSA) is 78.5 Å². The monoisotopic (exact) mass is 317 g/mol. The minimum absolute atomic E-state index is 0.265. The molecule has 1 aromatic carbocycles. The molecule has 1 fully saturated rings. The van der Waals surface area contributed by atoms with E-state index in [0.29, 0.717) is 18.0 Å². The molecule has 2 N–H and O–H groups in total. The highest BCUT2D eigenvalue weighted by Crippen LogP contribution is 2.28. The molecule has 4 amide bonds. The van der Waals surface area contributed by atoms with Gasteiger partial charge in [0, 0.05) is 6.54 Å². The highest BCUT2D eigenvalue weighted by atomic mass is 16.2. The molecule has 2 rings (SSSR count). The van der Waals surface area contributed by atoms with Crippen LogP contribution >= 0.6 is 0 Å². The summed E-state index contributed by atoms with van der Waals surface area (Å²) in [4.78, 5) is 37.7. The lowest BCUT2D eigenvalue weighted by Crippen LogP contribution is -2.43. The van der Waals surface area contributed by atoms with E-state index in [2.05, 4.69) is 10.6 Å². The number of nitrogens with zero attached hydrogens (tertiary/aromatic N) is 1. The summed E-state index contributed by atoms with van der Waals surface area (Å²) >= 11 is 0. The van der Waals surface area contributed by atoms with Crippen LogP contribution in [0.3, 0.4) is 0 Å². The second-order valence-corrected chi connectivity index (χ2v) is 6.51. The van der Waals surface area contributed by atoms with Gasteiger partial charge in [-0.15, -0.1) is 0 Å². The first-order valence-corrected chi connectivity index (χ1v) is 7.72. The van der Waals surface area contributed by atoms with Gasteiger partial charge in [0.2, 0.25) is 5.91 Å². The normalized spacial score (nSPS) is 20.8. The summed E-state index contributed by atoms with van der Waals surface area (Å²) in [5.41, 5.74) is 0.633. The van der Waals surface area contributed by atoms with Crippen molar-refractivity contribution >= 4 is 17.8 Å². The maximum Gasteiger partial charge on any atom is 0.325 e. The fraction of sp³-hybridized carbons (Fsp3) is 0.471. The number of rotatable bonds is 5. The fourth-order valence-corrected chi connectivity index (χ4v) is 2.44. The molecule has 1 aliphatic rings. The summed E-state index contributed by atoms with van der Waals surface area (Å²) in [6.07, 6.45) is 0. The fourth-order valence-electron chi connectivity index (χ4n) is 2.44. The summed E-state index contributed by atoms with van der Waals surface area (Å²) in [7, 11) is 0. The second-order valence-electron chi connectivity index (χ2n) is 6.51. The van der Waals surface area contributed by atoms with Crippen molar-refractivity contribution in [1.82, 2.24) is 15.5 Å². The number of urea groups is 1. The number of carbonyl (C=O) groups excluding carboxylic acids is 3. The van der Waals surface area contributed by atoms with Crippen molar-refractivity contribution in [2.24, 2.45) is 5.92 Å². The smallest absolute Gasteiger partial charge is 0.325 e. The number of aryl methyl sites for hydroxylation is 1. The van der Waals surface area contributed by atoms with Gasteiger partial charge < -0.3 is 10.6 Å². The molecule has 1 aromatic rings. The first-order chi connectivity index (χ1) is 10.7. The van der Waals surface area contributed by atoms with E-state index in [1.807, 2.05) is 45.0 Å². The van der Waals surface area contributed by atoms with Gasteiger partial charge in [-0.3, -0.25) is 14.5 Å². The van der Waals surface area contributed by atoms with Crippen molar-refractivity contribution in [2.45, 2.75) is 33.2 Å². The lowest BCUT2D eigenvalue weighted by Gasteiger charge is -2.22. The summed E-state index contributed by atoms with van der Waals surface area (Å²) in [6.45, 7) is 7.80. The zero-order valence-electron chi connectivity index (χ0n) is 14.0. The minimum atomic E-state index is -1.14. The Morgan fingerprint density at radius 2 is 1.87 bits per heavy atom. The Kier molecular flexibility index (Phi) is 4.73. The van der Waals surface area contributed by atoms with Crippen molar-refractivity contribution in [1.29, 1.82) is 0 Å². The number of amides is 4. The molecular formula is C17H23N3O3. The highest BCUT2D eigenvalue weighted by molar-refractivity contribution is 6.09. The van der Waals surface area contributed by atoms with Crippen LogP contribution in [0, 0.1) is 12.8 Å². The van der Waals surface area contributed by atoms with Crippen LogP contribution in [0.4, 0.5) is 4.79 Å². The van der Waals surface area contributed by atoms with Gasteiger partial charge in [-0.2, -0.15) is 0 Å². The van der Waals surface area contributed by atoms with Gasteiger partial charge in [0.25, 0.3) is 5.91 Å².